The van der Waals surface area contributed by atoms with Crippen LogP contribution in [-0.4, -0.2) is 30.9 Å². The van der Waals surface area contributed by atoms with Crippen LogP contribution in [0.1, 0.15) is 30.3 Å². The molecule has 1 saturated heterocycles. The van der Waals surface area contributed by atoms with Crippen LogP contribution in [0.25, 0.3) is 0 Å². The molecule has 112 valence electrons. The van der Waals surface area contributed by atoms with Crippen molar-refractivity contribution in [1.82, 2.24) is 0 Å². The van der Waals surface area contributed by atoms with Crippen LogP contribution in [0.5, 0.6) is 11.5 Å². The molecule has 1 aliphatic heterocycles. The lowest BCUT2D eigenvalue weighted by Gasteiger charge is -2.22. The zero-order valence-electron chi connectivity index (χ0n) is 15.4. The van der Waals surface area contributed by atoms with Crippen LogP contribution >= 0.6 is 22.6 Å². The quantitative estimate of drug-likeness (QED) is 0.522. The highest BCUT2D eigenvalue weighted by atomic mass is 127. The first kappa shape index (κ1) is 11.1. The van der Waals surface area contributed by atoms with E-state index in [1.165, 1.54) is 29.7 Å². The molecule has 0 aliphatic carbocycles. The van der Waals surface area contributed by atoms with Gasteiger partial charge in [0.15, 0.2) is 17.8 Å². The largest absolute Gasteiger partial charge is 0.493 e. The van der Waals surface area contributed by atoms with Crippen LogP contribution in [0.15, 0.2) is 18.2 Å². The molecule has 0 spiro atoms. The Hall–Kier alpha value is -0.530. The average molecular weight is 396 g/mol. The molecule has 0 radical (unpaired) electrons. The van der Waals surface area contributed by atoms with Gasteiger partial charge in [-0.15, -0.1) is 0 Å². The molecule has 0 bridgehead atoms. The Morgan fingerprint density at radius 1 is 1.40 bits per heavy atom. The molecule has 1 aliphatic rings. The normalized spacial score (nSPS) is 23.2. The predicted octanol–water partition coefficient (Wildman–Crippen LogP) is 3.55. The minimum atomic E-state index is -2.49. The maximum Gasteiger partial charge on any atom is 0.161 e. The van der Waals surface area contributed by atoms with Crippen molar-refractivity contribution in [3.63, 3.8) is 0 Å². The van der Waals surface area contributed by atoms with Crippen LogP contribution in [0.4, 0.5) is 0 Å². The molecule has 1 atom stereocenters. The minimum absolute atomic E-state index is 0.140. The van der Waals surface area contributed by atoms with Crippen molar-refractivity contribution in [3.05, 3.63) is 23.8 Å². The number of hydrogen-bond acceptors (Lipinski definition) is 4. The van der Waals surface area contributed by atoms with Gasteiger partial charge in [0, 0.05) is 13.7 Å². The van der Waals surface area contributed by atoms with Crippen LogP contribution < -0.4 is 9.47 Å². The zero-order valence-corrected chi connectivity index (χ0v) is 13.5. The van der Waals surface area contributed by atoms with Crippen molar-refractivity contribution in [1.29, 1.82) is 0 Å². The van der Waals surface area contributed by atoms with E-state index in [1.807, 2.05) is 0 Å². The maximum absolute atomic E-state index is 7.72. The Labute approximate surface area is 139 Å². The van der Waals surface area contributed by atoms with Gasteiger partial charge >= 0.3 is 0 Å². The number of rotatable bonds is 7. The van der Waals surface area contributed by atoms with Crippen LogP contribution in [0.2, 0.25) is 0 Å². The SMILES string of the molecule is [2H]C([2H])(I)C([2H])([2H])Oc1ccc(COC2CCCCO2)cc1OC. The number of methoxy groups -OCH3 is 1. The molecule has 1 heterocycles. The lowest BCUT2D eigenvalue weighted by molar-refractivity contribution is -0.168. The first-order valence-electron chi connectivity index (χ1n) is 8.51. The number of alkyl halides is 1. The Morgan fingerprint density at radius 3 is 3.00 bits per heavy atom. The Kier molecular flexibility index (Phi) is 4.82. The smallest absolute Gasteiger partial charge is 0.161 e. The van der Waals surface area contributed by atoms with Gasteiger partial charge in [-0.25, -0.2) is 0 Å². The van der Waals surface area contributed by atoms with Gasteiger partial charge in [-0.1, -0.05) is 28.7 Å². The molecule has 5 heteroatoms. The van der Waals surface area contributed by atoms with Crippen molar-refractivity contribution in [3.8, 4) is 11.5 Å². The van der Waals surface area contributed by atoms with Gasteiger partial charge in [-0.05, 0) is 37.0 Å². The number of benzene rings is 1. The van der Waals surface area contributed by atoms with E-state index in [0.29, 0.717) is 19.0 Å². The summed E-state index contributed by atoms with van der Waals surface area (Å²) in [5, 5.41) is 0. The fourth-order valence-corrected chi connectivity index (χ4v) is 2.10. The van der Waals surface area contributed by atoms with Gasteiger partial charge in [-0.2, -0.15) is 0 Å². The molecule has 0 amide bonds. The highest BCUT2D eigenvalue weighted by molar-refractivity contribution is 14.1. The van der Waals surface area contributed by atoms with Gasteiger partial charge in [0.25, 0.3) is 0 Å². The molecular formula is C15H21IO4. The summed E-state index contributed by atoms with van der Waals surface area (Å²) in [5.41, 5.74) is 0.839. The number of hydrogen-bond donors (Lipinski definition) is 0. The molecule has 4 nitrogen and oxygen atoms in total. The van der Waals surface area contributed by atoms with E-state index in [2.05, 4.69) is 0 Å². The average Bonchev–Trinajstić information content (AvgIpc) is 2.53. The molecule has 1 aromatic rings. The van der Waals surface area contributed by atoms with E-state index in [-0.39, 0.29) is 12.0 Å². The van der Waals surface area contributed by atoms with E-state index in [9.17, 15) is 0 Å². The summed E-state index contributed by atoms with van der Waals surface area (Å²) in [6.45, 7) is -1.43. The van der Waals surface area contributed by atoms with Gasteiger partial charge < -0.3 is 18.9 Å². The van der Waals surface area contributed by atoms with Crippen LogP contribution in [0, 0.1) is 0 Å². The Morgan fingerprint density at radius 2 is 2.30 bits per heavy atom. The van der Waals surface area contributed by atoms with Crippen molar-refractivity contribution >= 4 is 22.6 Å². The first-order chi connectivity index (χ1) is 11.2. The molecule has 20 heavy (non-hydrogen) atoms. The van der Waals surface area contributed by atoms with E-state index in [4.69, 9.17) is 24.4 Å². The van der Waals surface area contributed by atoms with Gasteiger partial charge in [0.2, 0.25) is 0 Å². The van der Waals surface area contributed by atoms with Crippen molar-refractivity contribution < 1.29 is 24.4 Å². The topological polar surface area (TPSA) is 36.9 Å². The highest BCUT2D eigenvalue weighted by Gasteiger charge is 2.14. The molecule has 1 unspecified atom stereocenters. The maximum atomic E-state index is 7.72. The summed E-state index contributed by atoms with van der Waals surface area (Å²) < 4.78 is 49.9. The fraction of sp³-hybridized carbons (Fsp3) is 0.600. The summed E-state index contributed by atoms with van der Waals surface area (Å²) in [7, 11) is 1.45. The predicted molar refractivity (Wildman–Crippen MR) is 85.8 cm³/mol. The summed E-state index contributed by atoms with van der Waals surface area (Å²) in [4.78, 5) is 0. The van der Waals surface area contributed by atoms with E-state index >= 15 is 0 Å². The monoisotopic (exact) mass is 396 g/mol. The van der Waals surface area contributed by atoms with Crippen LogP contribution in [-0.2, 0) is 16.1 Å². The Bertz CT molecular complexity index is 545. The second-order valence-corrected chi connectivity index (χ2v) is 4.93. The van der Waals surface area contributed by atoms with E-state index in [0.717, 1.165) is 24.8 Å². The van der Waals surface area contributed by atoms with Crippen molar-refractivity contribution in [2.45, 2.75) is 32.2 Å². The summed E-state index contributed by atoms with van der Waals surface area (Å²) in [6, 6.07) is 4.98. The Balaban J connectivity index is 2.04. The number of ether oxygens (including phenoxy) is 4. The van der Waals surface area contributed by atoms with Gasteiger partial charge in [0.1, 0.15) is 0 Å². The number of halogens is 1. The molecule has 1 aromatic carbocycles. The van der Waals surface area contributed by atoms with Gasteiger partial charge in [0.05, 0.1) is 23.0 Å². The van der Waals surface area contributed by atoms with Gasteiger partial charge in [-0.3, -0.25) is 0 Å². The van der Waals surface area contributed by atoms with Crippen molar-refractivity contribution in [2.24, 2.45) is 0 Å². The third-order valence-corrected chi connectivity index (χ3v) is 3.22. The minimum Gasteiger partial charge on any atom is -0.493 e. The van der Waals surface area contributed by atoms with E-state index < -0.39 is 10.9 Å². The fourth-order valence-electron chi connectivity index (χ4n) is 1.99. The lowest BCUT2D eigenvalue weighted by atomic mass is 10.2. The summed E-state index contributed by atoms with van der Waals surface area (Å²) >= 11 is 1.37. The van der Waals surface area contributed by atoms with Crippen LogP contribution in [0.3, 0.4) is 0 Å². The molecule has 0 N–H and O–H groups in total. The first-order valence-corrected chi connectivity index (χ1v) is 7.59. The molecule has 1 fully saturated rings. The molecular weight excluding hydrogens is 371 g/mol. The second-order valence-electron chi connectivity index (χ2n) is 4.39. The summed E-state index contributed by atoms with van der Waals surface area (Å²) in [5.74, 6) is 0.464. The molecule has 0 saturated carbocycles. The summed E-state index contributed by atoms with van der Waals surface area (Å²) in [6.07, 6.45) is 2.84. The third kappa shape index (κ3) is 4.79. The lowest BCUT2D eigenvalue weighted by Crippen LogP contribution is -2.22. The zero-order chi connectivity index (χ0) is 17.8. The third-order valence-electron chi connectivity index (χ3n) is 3.00. The second kappa shape index (κ2) is 8.69. The van der Waals surface area contributed by atoms with E-state index in [1.54, 1.807) is 18.2 Å². The highest BCUT2D eigenvalue weighted by Crippen LogP contribution is 2.28. The standard InChI is InChI=1S/C15H21IO4/c1-17-14-10-12(5-6-13(14)18-9-7-16)11-20-15-4-2-3-8-19-15/h5-6,10,15H,2-4,7-9,11H2,1H3/i7D2,9D2. The molecule has 0 aromatic heterocycles. The molecule has 2 rings (SSSR count). The van der Waals surface area contributed by atoms with Crippen molar-refractivity contribution in [2.75, 3.05) is 24.7 Å².